The normalized spacial score (nSPS) is 12.8. The summed E-state index contributed by atoms with van der Waals surface area (Å²) in [5.74, 6) is 0.674. The van der Waals surface area contributed by atoms with E-state index in [0.29, 0.717) is 18.8 Å². The smallest absolute Gasteiger partial charge is 0.149 e. The molecule has 0 bridgehead atoms. The molecule has 2 N–H and O–H groups in total. The molecule has 0 aliphatic heterocycles. The van der Waals surface area contributed by atoms with Crippen molar-refractivity contribution < 1.29 is 4.79 Å². The van der Waals surface area contributed by atoms with Crippen molar-refractivity contribution in [3.8, 4) is 0 Å². The monoisotopic (exact) mass is 219 g/mol. The topological polar surface area (TPSA) is 43.1 Å². The average Bonchev–Trinajstić information content (AvgIpc) is 2.28. The van der Waals surface area contributed by atoms with Crippen LogP contribution in [-0.4, -0.2) is 11.8 Å². The first kappa shape index (κ1) is 12.9. The molecule has 1 aromatic carbocycles. The van der Waals surface area contributed by atoms with Crippen molar-refractivity contribution in [2.24, 2.45) is 5.73 Å². The predicted molar refractivity (Wildman–Crippen MR) is 67.5 cm³/mol. The van der Waals surface area contributed by atoms with Gasteiger partial charge in [-0.3, -0.25) is 4.79 Å². The highest BCUT2D eigenvalue weighted by molar-refractivity contribution is 5.83. The van der Waals surface area contributed by atoms with E-state index in [4.69, 9.17) is 5.73 Å². The highest BCUT2D eigenvalue weighted by atomic mass is 16.1. The van der Waals surface area contributed by atoms with Crippen LogP contribution in [0.15, 0.2) is 24.3 Å². The first-order chi connectivity index (χ1) is 7.54. The minimum Gasteiger partial charge on any atom is -0.321 e. The number of carbonyl (C=O) groups excluding carboxylic acids is 1. The molecule has 1 atom stereocenters. The molecular formula is C14H21NO. The predicted octanol–water partition coefficient (Wildman–Crippen LogP) is 2.66. The van der Waals surface area contributed by atoms with Crippen LogP contribution >= 0.6 is 0 Å². The fraction of sp³-hybridized carbons (Fsp3) is 0.500. The summed E-state index contributed by atoms with van der Waals surface area (Å²) in [6.45, 7) is 6.19. The van der Waals surface area contributed by atoms with Gasteiger partial charge < -0.3 is 5.73 Å². The van der Waals surface area contributed by atoms with Crippen LogP contribution in [0.1, 0.15) is 44.2 Å². The van der Waals surface area contributed by atoms with E-state index in [1.165, 1.54) is 5.56 Å². The van der Waals surface area contributed by atoms with E-state index in [0.717, 1.165) is 5.56 Å². The lowest BCUT2D eigenvalue weighted by Gasteiger charge is -2.10. The third-order valence-corrected chi connectivity index (χ3v) is 2.86. The summed E-state index contributed by atoms with van der Waals surface area (Å²) in [4.78, 5) is 11.4. The largest absolute Gasteiger partial charge is 0.321 e. The average molecular weight is 219 g/mol. The molecule has 0 aliphatic rings. The Morgan fingerprint density at radius 1 is 1.25 bits per heavy atom. The molecule has 2 nitrogen and oxygen atoms in total. The van der Waals surface area contributed by atoms with Gasteiger partial charge in [0.2, 0.25) is 0 Å². The van der Waals surface area contributed by atoms with Crippen LogP contribution in [0.4, 0.5) is 0 Å². The lowest BCUT2D eigenvalue weighted by molar-refractivity contribution is -0.119. The van der Waals surface area contributed by atoms with Gasteiger partial charge in [0.05, 0.1) is 6.04 Å². The van der Waals surface area contributed by atoms with Gasteiger partial charge in [0.1, 0.15) is 5.78 Å². The van der Waals surface area contributed by atoms with E-state index in [1.807, 2.05) is 6.92 Å². The molecule has 88 valence electrons. The quantitative estimate of drug-likeness (QED) is 0.827. The lowest BCUT2D eigenvalue weighted by Crippen LogP contribution is -2.32. The maximum atomic E-state index is 11.4. The minimum atomic E-state index is -0.352. The summed E-state index contributed by atoms with van der Waals surface area (Å²) in [6, 6.07) is 8.01. The van der Waals surface area contributed by atoms with Crippen LogP contribution in [0, 0.1) is 0 Å². The van der Waals surface area contributed by atoms with Gasteiger partial charge in [0.25, 0.3) is 0 Å². The van der Waals surface area contributed by atoms with Crippen molar-refractivity contribution >= 4 is 5.78 Å². The molecule has 1 unspecified atom stereocenters. The zero-order valence-electron chi connectivity index (χ0n) is 10.4. The summed E-state index contributed by atoms with van der Waals surface area (Å²) in [5.41, 5.74) is 8.26. The third kappa shape index (κ3) is 3.46. The first-order valence-corrected chi connectivity index (χ1v) is 5.91. The van der Waals surface area contributed by atoms with Gasteiger partial charge in [-0.1, -0.05) is 45.0 Å². The molecule has 0 saturated heterocycles. The van der Waals surface area contributed by atoms with Crippen LogP contribution in [0.3, 0.4) is 0 Å². The van der Waals surface area contributed by atoms with Gasteiger partial charge in [0.15, 0.2) is 0 Å². The van der Waals surface area contributed by atoms with Gasteiger partial charge in [-0.2, -0.15) is 0 Å². The fourth-order valence-corrected chi connectivity index (χ4v) is 1.67. The molecule has 2 heteroatoms. The molecule has 0 spiro atoms. The molecule has 0 aromatic heterocycles. The molecule has 16 heavy (non-hydrogen) atoms. The second kappa shape index (κ2) is 5.80. The van der Waals surface area contributed by atoms with Crippen molar-refractivity contribution in [3.05, 3.63) is 35.4 Å². The number of benzene rings is 1. The molecule has 0 aliphatic carbocycles. The Labute approximate surface area is 97.9 Å². The van der Waals surface area contributed by atoms with Crippen molar-refractivity contribution in [1.29, 1.82) is 0 Å². The molecule has 0 radical (unpaired) electrons. The number of rotatable bonds is 5. The molecule has 0 saturated carbocycles. The number of hydrogen-bond donors (Lipinski definition) is 1. The standard InChI is InChI=1S/C14H21NO/c1-4-14(16)13(15)9-11-5-7-12(8-6-11)10(2)3/h5-8,10,13H,4,9,15H2,1-3H3. The second-order valence-electron chi connectivity index (χ2n) is 4.53. The van der Waals surface area contributed by atoms with Crippen LogP contribution in [0.2, 0.25) is 0 Å². The Morgan fingerprint density at radius 2 is 1.81 bits per heavy atom. The van der Waals surface area contributed by atoms with E-state index in [9.17, 15) is 4.79 Å². The molecule has 0 amide bonds. The molecule has 1 aromatic rings. The van der Waals surface area contributed by atoms with Crippen molar-refractivity contribution in [3.63, 3.8) is 0 Å². The lowest BCUT2D eigenvalue weighted by atomic mass is 9.98. The van der Waals surface area contributed by atoms with Crippen molar-refractivity contribution in [2.45, 2.75) is 45.6 Å². The number of hydrogen-bond acceptors (Lipinski definition) is 2. The van der Waals surface area contributed by atoms with Crippen LogP contribution in [-0.2, 0) is 11.2 Å². The van der Waals surface area contributed by atoms with E-state index < -0.39 is 0 Å². The van der Waals surface area contributed by atoms with E-state index in [2.05, 4.69) is 38.1 Å². The Bertz CT molecular complexity index is 340. The summed E-state index contributed by atoms with van der Waals surface area (Å²) in [5, 5.41) is 0. The first-order valence-electron chi connectivity index (χ1n) is 5.91. The maximum absolute atomic E-state index is 11.4. The van der Waals surface area contributed by atoms with Crippen molar-refractivity contribution in [1.82, 2.24) is 0 Å². The number of nitrogens with two attached hydrogens (primary N) is 1. The molecular weight excluding hydrogens is 198 g/mol. The number of carbonyl (C=O) groups is 1. The van der Waals surface area contributed by atoms with Gasteiger partial charge in [-0.25, -0.2) is 0 Å². The Morgan fingerprint density at radius 3 is 2.25 bits per heavy atom. The van der Waals surface area contributed by atoms with E-state index >= 15 is 0 Å². The zero-order chi connectivity index (χ0) is 12.1. The van der Waals surface area contributed by atoms with Gasteiger partial charge in [0, 0.05) is 6.42 Å². The van der Waals surface area contributed by atoms with Crippen LogP contribution < -0.4 is 5.73 Å². The SMILES string of the molecule is CCC(=O)C(N)Cc1ccc(C(C)C)cc1. The van der Waals surface area contributed by atoms with Crippen LogP contribution in [0.5, 0.6) is 0 Å². The zero-order valence-corrected chi connectivity index (χ0v) is 10.4. The van der Waals surface area contributed by atoms with Gasteiger partial charge in [-0.05, 0) is 23.5 Å². The van der Waals surface area contributed by atoms with E-state index in [1.54, 1.807) is 0 Å². The summed E-state index contributed by atoms with van der Waals surface area (Å²) in [7, 11) is 0. The highest BCUT2D eigenvalue weighted by Crippen LogP contribution is 2.15. The Hall–Kier alpha value is -1.15. The van der Waals surface area contributed by atoms with Crippen LogP contribution in [0.25, 0.3) is 0 Å². The Balaban J connectivity index is 2.65. The van der Waals surface area contributed by atoms with Crippen molar-refractivity contribution in [2.75, 3.05) is 0 Å². The summed E-state index contributed by atoms with van der Waals surface area (Å²) < 4.78 is 0. The third-order valence-electron chi connectivity index (χ3n) is 2.86. The Kier molecular flexibility index (Phi) is 4.69. The fourth-order valence-electron chi connectivity index (χ4n) is 1.67. The summed E-state index contributed by atoms with van der Waals surface area (Å²) in [6.07, 6.45) is 1.16. The number of Topliss-reactive ketones (excluding diaryl/α,β-unsaturated/α-hetero) is 1. The van der Waals surface area contributed by atoms with Gasteiger partial charge in [-0.15, -0.1) is 0 Å². The maximum Gasteiger partial charge on any atom is 0.149 e. The van der Waals surface area contributed by atoms with E-state index in [-0.39, 0.29) is 11.8 Å². The minimum absolute atomic E-state index is 0.132. The second-order valence-corrected chi connectivity index (χ2v) is 4.53. The van der Waals surface area contributed by atoms with Gasteiger partial charge >= 0.3 is 0 Å². The molecule has 1 rings (SSSR count). The summed E-state index contributed by atoms with van der Waals surface area (Å²) >= 11 is 0. The highest BCUT2D eigenvalue weighted by Gasteiger charge is 2.11. The number of ketones is 1. The molecule has 0 heterocycles. The molecule has 0 fully saturated rings.